The summed E-state index contributed by atoms with van der Waals surface area (Å²) < 4.78 is 0. The monoisotopic (exact) mass is 346 g/mol. The van der Waals surface area contributed by atoms with Gasteiger partial charge in [0.1, 0.15) is 6.54 Å². The fraction of sp³-hybridized carbons (Fsp3) is 0.176. The van der Waals surface area contributed by atoms with E-state index in [0.717, 1.165) is 10.6 Å². The standard InChI is InChI=1S/C17H19ClN4O2/c18-13-5-3-4-12(10-13)8-9-21-16(23)11-22(20)17(24)14-6-1-2-7-15(14)19/h1-7,10H,8-9,11,19-20H2,(H,21,23). The van der Waals surface area contributed by atoms with E-state index in [2.05, 4.69) is 5.32 Å². The van der Waals surface area contributed by atoms with Gasteiger partial charge in [-0.1, -0.05) is 35.9 Å². The second-order valence-corrected chi connectivity index (χ2v) is 5.69. The molecule has 0 aliphatic rings. The van der Waals surface area contributed by atoms with Crippen LogP contribution >= 0.6 is 11.6 Å². The van der Waals surface area contributed by atoms with Gasteiger partial charge >= 0.3 is 0 Å². The predicted octanol–water partition coefficient (Wildman–Crippen LogP) is 1.60. The SMILES string of the molecule is Nc1ccccc1C(=O)N(N)CC(=O)NCCc1cccc(Cl)c1. The topological polar surface area (TPSA) is 101 Å². The average molecular weight is 347 g/mol. The van der Waals surface area contributed by atoms with Gasteiger partial charge in [0.2, 0.25) is 5.91 Å². The van der Waals surface area contributed by atoms with Gasteiger partial charge in [-0.15, -0.1) is 0 Å². The van der Waals surface area contributed by atoms with Crippen LogP contribution in [0.25, 0.3) is 0 Å². The minimum atomic E-state index is -0.502. The van der Waals surface area contributed by atoms with E-state index in [9.17, 15) is 9.59 Å². The third-order valence-corrected chi connectivity index (χ3v) is 3.63. The van der Waals surface area contributed by atoms with E-state index in [1.54, 1.807) is 30.3 Å². The lowest BCUT2D eigenvalue weighted by Crippen LogP contribution is -2.45. The summed E-state index contributed by atoms with van der Waals surface area (Å²) in [4.78, 5) is 24.0. The molecule has 2 aromatic rings. The number of para-hydroxylation sites is 1. The molecule has 0 fully saturated rings. The summed E-state index contributed by atoms with van der Waals surface area (Å²) in [6.45, 7) is 0.178. The van der Waals surface area contributed by atoms with Crippen LogP contribution in [-0.2, 0) is 11.2 Å². The zero-order chi connectivity index (χ0) is 17.5. The first-order valence-corrected chi connectivity index (χ1v) is 7.77. The third-order valence-electron chi connectivity index (χ3n) is 3.39. The number of halogens is 1. The lowest BCUT2D eigenvalue weighted by molar-refractivity contribution is -0.121. The largest absolute Gasteiger partial charge is 0.398 e. The molecule has 2 aromatic carbocycles. The number of carbonyl (C=O) groups excluding carboxylic acids is 2. The van der Waals surface area contributed by atoms with Crippen LogP contribution in [0.2, 0.25) is 5.02 Å². The van der Waals surface area contributed by atoms with Gasteiger partial charge in [-0.2, -0.15) is 0 Å². The first-order chi connectivity index (χ1) is 11.5. The van der Waals surface area contributed by atoms with Crippen LogP contribution < -0.4 is 16.9 Å². The van der Waals surface area contributed by atoms with Crippen LogP contribution in [0.5, 0.6) is 0 Å². The molecule has 0 unspecified atom stereocenters. The van der Waals surface area contributed by atoms with Crippen molar-refractivity contribution in [3.8, 4) is 0 Å². The van der Waals surface area contributed by atoms with E-state index >= 15 is 0 Å². The molecule has 0 aliphatic heterocycles. The number of nitrogens with zero attached hydrogens (tertiary/aromatic N) is 1. The molecule has 0 radical (unpaired) electrons. The van der Waals surface area contributed by atoms with Gasteiger partial charge in [0.15, 0.2) is 0 Å². The number of amides is 2. The molecule has 7 heteroatoms. The molecule has 0 aromatic heterocycles. The van der Waals surface area contributed by atoms with Crippen molar-refractivity contribution in [1.29, 1.82) is 0 Å². The zero-order valence-electron chi connectivity index (χ0n) is 13.0. The van der Waals surface area contributed by atoms with Gasteiger partial charge in [-0.3, -0.25) is 14.6 Å². The van der Waals surface area contributed by atoms with Crippen molar-refractivity contribution in [2.75, 3.05) is 18.8 Å². The zero-order valence-corrected chi connectivity index (χ0v) is 13.8. The molecule has 2 rings (SSSR count). The highest BCUT2D eigenvalue weighted by atomic mass is 35.5. The molecule has 0 atom stereocenters. The van der Waals surface area contributed by atoms with Crippen molar-refractivity contribution >= 4 is 29.1 Å². The lowest BCUT2D eigenvalue weighted by atomic mass is 10.1. The Morgan fingerprint density at radius 2 is 1.88 bits per heavy atom. The predicted molar refractivity (Wildman–Crippen MR) is 94.2 cm³/mol. The Morgan fingerprint density at radius 3 is 2.58 bits per heavy atom. The van der Waals surface area contributed by atoms with E-state index < -0.39 is 5.91 Å². The number of nitrogens with one attached hydrogen (secondary N) is 1. The van der Waals surface area contributed by atoms with Gasteiger partial charge in [0.25, 0.3) is 5.91 Å². The Bertz CT molecular complexity index is 736. The van der Waals surface area contributed by atoms with Crippen LogP contribution in [-0.4, -0.2) is 29.9 Å². The van der Waals surface area contributed by atoms with Crippen LogP contribution in [0, 0.1) is 0 Å². The Morgan fingerprint density at radius 1 is 1.12 bits per heavy atom. The molecule has 5 N–H and O–H groups in total. The highest BCUT2D eigenvalue weighted by molar-refractivity contribution is 6.30. The summed E-state index contributed by atoms with van der Waals surface area (Å²) in [6.07, 6.45) is 0.635. The molecule has 2 amide bonds. The minimum absolute atomic E-state index is 0.247. The highest BCUT2D eigenvalue weighted by Gasteiger charge is 2.17. The Labute approximate surface area is 145 Å². The number of benzene rings is 2. The van der Waals surface area contributed by atoms with Gasteiger partial charge in [0, 0.05) is 17.3 Å². The minimum Gasteiger partial charge on any atom is -0.398 e. The molecule has 0 spiro atoms. The van der Waals surface area contributed by atoms with E-state index in [1.165, 1.54) is 0 Å². The van der Waals surface area contributed by atoms with Gasteiger partial charge in [0.05, 0.1) is 5.56 Å². The van der Waals surface area contributed by atoms with Crippen molar-refractivity contribution in [2.24, 2.45) is 5.84 Å². The summed E-state index contributed by atoms with van der Waals surface area (Å²) in [6, 6.07) is 14.0. The fourth-order valence-corrected chi connectivity index (χ4v) is 2.38. The first-order valence-electron chi connectivity index (χ1n) is 7.39. The Hall–Kier alpha value is -2.57. The molecule has 0 bridgehead atoms. The smallest absolute Gasteiger partial charge is 0.270 e. The molecule has 0 saturated carbocycles. The Kier molecular flexibility index (Phi) is 6.17. The molecule has 0 aliphatic carbocycles. The molecule has 24 heavy (non-hydrogen) atoms. The number of hydrazine groups is 1. The summed E-state index contributed by atoms with van der Waals surface area (Å²) in [5.74, 6) is 4.82. The van der Waals surface area contributed by atoms with E-state index in [1.807, 2.05) is 18.2 Å². The van der Waals surface area contributed by atoms with Crippen LogP contribution in [0.1, 0.15) is 15.9 Å². The lowest BCUT2D eigenvalue weighted by Gasteiger charge is -2.17. The average Bonchev–Trinajstić information content (AvgIpc) is 2.54. The third kappa shape index (κ3) is 4.97. The van der Waals surface area contributed by atoms with E-state index in [0.29, 0.717) is 23.7 Å². The maximum absolute atomic E-state index is 12.2. The summed E-state index contributed by atoms with van der Waals surface area (Å²) in [7, 11) is 0. The number of carbonyl (C=O) groups is 2. The van der Waals surface area contributed by atoms with Crippen molar-refractivity contribution in [2.45, 2.75) is 6.42 Å². The van der Waals surface area contributed by atoms with Crippen LogP contribution in [0.15, 0.2) is 48.5 Å². The van der Waals surface area contributed by atoms with E-state index in [4.69, 9.17) is 23.2 Å². The fourth-order valence-electron chi connectivity index (χ4n) is 2.17. The van der Waals surface area contributed by atoms with Crippen molar-refractivity contribution in [3.05, 3.63) is 64.7 Å². The number of rotatable bonds is 6. The van der Waals surface area contributed by atoms with Gasteiger partial charge < -0.3 is 11.1 Å². The first kappa shape index (κ1) is 17.8. The normalized spacial score (nSPS) is 10.2. The van der Waals surface area contributed by atoms with E-state index in [-0.39, 0.29) is 18.0 Å². The van der Waals surface area contributed by atoms with Crippen molar-refractivity contribution in [1.82, 2.24) is 10.3 Å². The molecule has 0 heterocycles. The number of nitrogens with two attached hydrogens (primary N) is 2. The Balaban J connectivity index is 1.81. The molecule has 126 valence electrons. The summed E-state index contributed by atoms with van der Waals surface area (Å²) in [5.41, 5.74) is 7.34. The summed E-state index contributed by atoms with van der Waals surface area (Å²) in [5, 5.41) is 4.21. The maximum Gasteiger partial charge on any atom is 0.270 e. The quantitative estimate of drug-likeness (QED) is 0.320. The highest BCUT2D eigenvalue weighted by Crippen LogP contribution is 2.12. The summed E-state index contributed by atoms with van der Waals surface area (Å²) >= 11 is 5.90. The van der Waals surface area contributed by atoms with Crippen molar-refractivity contribution in [3.63, 3.8) is 0 Å². The molecular formula is C17H19ClN4O2. The number of hydrogen-bond acceptors (Lipinski definition) is 4. The van der Waals surface area contributed by atoms with Gasteiger partial charge in [-0.05, 0) is 36.2 Å². The maximum atomic E-state index is 12.2. The number of anilines is 1. The number of nitrogen functional groups attached to an aromatic ring is 1. The van der Waals surface area contributed by atoms with Crippen LogP contribution in [0.4, 0.5) is 5.69 Å². The molecular weight excluding hydrogens is 328 g/mol. The second-order valence-electron chi connectivity index (χ2n) is 5.25. The van der Waals surface area contributed by atoms with Gasteiger partial charge in [-0.25, -0.2) is 5.84 Å². The second kappa shape index (κ2) is 8.33. The molecule has 6 nitrogen and oxygen atoms in total. The number of hydrogen-bond donors (Lipinski definition) is 3. The molecule has 0 saturated heterocycles. The van der Waals surface area contributed by atoms with Crippen molar-refractivity contribution < 1.29 is 9.59 Å². The van der Waals surface area contributed by atoms with Crippen LogP contribution in [0.3, 0.4) is 0 Å².